The van der Waals surface area contributed by atoms with E-state index in [2.05, 4.69) is 35.5 Å². The largest absolute Gasteiger partial charge is 0.372 e. The highest BCUT2D eigenvalue weighted by atomic mass is 16.8. The van der Waals surface area contributed by atoms with Gasteiger partial charge in [0.1, 0.15) is 17.2 Å². The number of pyridine rings is 3. The SMILES string of the molecule is CC(=O)c1c(C)c2cnc(Nc3ccc(N(C)CCN(C)c4ccc(C(=O)NOC5CCCCO5)nc4)cn3)nc2n(C2CCCC2)c1=O. The Morgan fingerprint density at radius 2 is 1.63 bits per heavy atom. The van der Waals surface area contributed by atoms with Crippen molar-refractivity contribution in [2.75, 3.05) is 48.9 Å². The zero-order valence-corrected chi connectivity index (χ0v) is 28.4. The minimum Gasteiger partial charge on any atom is -0.372 e. The fraction of sp³-hybridized carbons (Fsp3) is 0.457. The number of rotatable bonds is 12. The number of hydrogen-bond donors (Lipinski definition) is 2. The monoisotopic (exact) mass is 669 g/mol. The first-order valence-electron chi connectivity index (χ1n) is 16.8. The zero-order chi connectivity index (χ0) is 34.5. The summed E-state index contributed by atoms with van der Waals surface area (Å²) in [6.45, 7) is 5.25. The van der Waals surface area contributed by atoms with E-state index in [1.54, 1.807) is 36.1 Å². The molecule has 4 aromatic rings. The molecule has 1 unspecified atom stereocenters. The molecule has 0 radical (unpaired) electrons. The average molecular weight is 670 g/mol. The molecule has 14 heteroatoms. The number of carbonyl (C=O) groups excluding carboxylic acids is 2. The molecule has 2 fully saturated rings. The number of nitrogens with zero attached hydrogens (tertiary/aromatic N) is 7. The minimum atomic E-state index is -0.419. The molecule has 1 aliphatic heterocycles. The minimum absolute atomic E-state index is 0.00674. The van der Waals surface area contributed by atoms with E-state index < -0.39 is 12.2 Å². The molecule has 0 spiro atoms. The lowest BCUT2D eigenvalue weighted by Gasteiger charge is -2.25. The highest BCUT2D eigenvalue weighted by Crippen LogP contribution is 2.32. The highest BCUT2D eigenvalue weighted by Gasteiger charge is 2.26. The molecule has 1 aliphatic carbocycles. The number of aromatic nitrogens is 5. The zero-order valence-electron chi connectivity index (χ0n) is 28.4. The number of anilines is 4. The van der Waals surface area contributed by atoms with Crippen LogP contribution >= 0.6 is 0 Å². The van der Waals surface area contributed by atoms with Crippen molar-refractivity contribution in [3.8, 4) is 0 Å². The molecule has 6 rings (SSSR count). The van der Waals surface area contributed by atoms with E-state index in [9.17, 15) is 14.4 Å². The maximum absolute atomic E-state index is 13.5. The molecule has 1 amide bonds. The summed E-state index contributed by atoms with van der Waals surface area (Å²) in [5, 5.41) is 3.87. The van der Waals surface area contributed by atoms with E-state index in [4.69, 9.17) is 14.6 Å². The van der Waals surface area contributed by atoms with Crippen molar-refractivity contribution in [2.24, 2.45) is 0 Å². The lowest BCUT2D eigenvalue weighted by Crippen LogP contribution is -2.33. The van der Waals surface area contributed by atoms with E-state index in [0.717, 1.165) is 56.3 Å². The van der Waals surface area contributed by atoms with Gasteiger partial charge in [-0.1, -0.05) is 12.8 Å². The Labute approximate surface area is 284 Å². The Kier molecular flexibility index (Phi) is 10.4. The number of ether oxygens (including phenoxy) is 1. The van der Waals surface area contributed by atoms with Crippen molar-refractivity contribution in [3.05, 3.63) is 70.0 Å². The van der Waals surface area contributed by atoms with E-state index in [1.807, 2.05) is 32.3 Å². The Balaban J connectivity index is 1.06. The first-order chi connectivity index (χ1) is 23.7. The van der Waals surface area contributed by atoms with Gasteiger partial charge in [0.2, 0.25) is 5.95 Å². The van der Waals surface area contributed by atoms with Crippen molar-refractivity contribution in [1.29, 1.82) is 0 Å². The van der Waals surface area contributed by atoms with Gasteiger partial charge in [-0.2, -0.15) is 4.98 Å². The predicted molar refractivity (Wildman–Crippen MR) is 186 cm³/mol. The molecule has 2 N–H and O–H groups in total. The van der Waals surface area contributed by atoms with E-state index in [0.29, 0.717) is 48.1 Å². The van der Waals surface area contributed by atoms with Crippen LogP contribution in [0.1, 0.15) is 84.3 Å². The van der Waals surface area contributed by atoms with Gasteiger partial charge in [-0.05, 0) is 69.4 Å². The quantitative estimate of drug-likeness (QED) is 0.158. The highest BCUT2D eigenvalue weighted by molar-refractivity contribution is 5.99. The fourth-order valence-corrected chi connectivity index (χ4v) is 6.39. The molecule has 5 heterocycles. The second-order valence-electron chi connectivity index (χ2n) is 12.7. The van der Waals surface area contributed by atoms with Gasteiger partial charge in [0, 0.05) is 57.8 Å². The number of likely N-dealkylation sites (N-methyl/N-ethyl adjacent to an activating group) is 2. The first kappa shape index (κ1) is 33.9. The third-order valence-corrected chi connectivity index (χ3v) is 9.29. The summed E-state index contributed by atoms with van der Waals surface area (Å²) in [7, 11) is 3.96. The average Bonchev–Trinajstić information content (AvgIpc) is 3.64. The normalized spacial score (nSPS) is 16.4. The fourth-order valence-electron chi connectivity index (χ4n) is 6.39. The molecule has 0 bridgehead atoms. The predicted octanol–water partition coefficient (Wildman–Crippen LogP) is 4.71. The summed E-state index contributed by atoms with van der Waals surface area (Å²) in [6.07, 6.45) is 11.3. The molecular weight excluding hydrogens is 626 g/mol. The van der Waals surface area contributed by atoms with Gasteiger partial charge in [0.25, 0.3) is 11.5 Å². The standard InChI is InChI=1S/C35H43N9O5/c1-22-27-21-38-35(40-32(27)44(24-9-5-6-10-24)34(47)31(22)23(2)45)39-29-15-13-26(20-37-29)43(4)17-16-42(3)25-12-14-28(36-19-25)33(46)41-49-30-11-7-8-18-48-30/h12-15,19-21,24,30H,5-11,16-18H2,1-4H3,(H,41,46)(H,37,38,39,40). The number of carbonyl (C=O) groups is 2. The number of fused-ring (bicyclic) bond motifs is 1. The first-order valence-corrected chi connectivity index (χ1v) is 16.8. The van der Waals surface area contributed by atoms with Crippen LogP contribution in [0.15, 0.2) is 47.7 Å². The Hall–Kier alpha value is -4.95. The van der Waals surface area contributed by atoms with Crippen LogP contribution in [0.25, 0.3) is 11.0 Å². The molecule has 4 aromatic heterocycles. The number of nitrogens with one attached hydrogen (secondary N) is 2. The number of hydrogen-bond acceptors (Lipinski definition) is 12. The van der Waals surface area contributed by atoms with Gasteiger partial charge in [-0.25, -0.2) is 25.3 Å². The lowest BCUT2D eigenvalue weighted by atomic mass is 10.0. The number of hydroxylamine groups is 1. The molecule has 1 saturated heterocycles. The molecular formula is C35H43N9O5. The third kappa shape index (κ3) is 7.70. The van der Waals surface area contributed by atoms with Crippen molar-refractivity contribution in [3.63, 3.8) is 0 Å². The molecule has 1 saturated carbocycles. The smallest absolute Gasteiger partial charge is 0.293 e. The molecule has 49 heavy (non-hydrogen) atoms. The Morgan fingerprint density at radius 3 is 2.24 bits per heavy atom. The van der Waals surface area contributed by atoms with Gasteiger partial charge < -0.3 is 19.9 Å². The summed E-state index contributed by atoms with van der Waals surface area (Å²) in [6, 6.07) is 7.35. The Morgan fingerprint density at radius 1 is 0.939 bits per heavy atom. The summed E-state index contributed by atoms with van der Waals surface area (Å²) in [5.74, 6) is 0.227. The summed E-state index contributed by atoms with van der Waals surface area (Å²) < 4.78 is 7.17. The van der Waals surface area contributed by atoms with Gasteiger partial charge >= 0.3 is 0 Å². The number of ketones is 1. The third-order valence-electron chi connectivity index (χ3n) is 9.29. The van der Waals surface area contributed by atoms with E-state index in [1.165, 1.54) is 6.92 Å². The van der Waals surface area contributed by atoms with Crippen LogP contribution in [-0.2, 0) is 9.57 Å². The van der Waals surface area contributed by atoms with Crippen LogP contribution in [-0.4, -0.2) is 76.3 Å². The van der Waals surface area contributed by atoms with Crippen LogP contribution in [0.3, 0.4) is 0 Å². The summed E-state index contributed by atoms with van der Waals surface area (Å²) >= 11 is 0. The number of Topliss-reactive ketones (excluding diaryl/α,β-unsaturated/α-hetero) is 1. The van der Waals surface area contributed by atoms with Gasteiger partial charge in [-0.15, -0.1) is 0 Å². The molecule has 1 atom stereocenters. The van der Waals surface area contributed by atoms with Crippen LogP contribution < -0.4 is 26.2 Å². The molecule has 14 nitrogen and oxygen atoms in total. The summed E-state index contributed by atoms with van der Waals surface area (Å²) in [5.41, 5.74) is 5.57. The number of amides is 1. The van der Waals surface area contributed by atoms with Gasteiger partial charge in [0.15, 0.2) is 12.1 Å². The van der Waals surface area contributed by atoms with E-state index >= 15 is 0 Å². The van der Waals surface area contributed by atoms with Crippen LogP contribution in [0.4, 0.5) is 23.1 Å². The van der Waals surface area contributed by atoms with Crippen LogP contribution in [0.5, 0.6) is 0 Å². The second-order valence-corrected chi connectivity index (χ2v) is 12.7. The van der Waals surface area contributed by atoms with E-state index in [-0.39, 0.29) is 28.6 Å². The number of aryl methyl sites for hydroxylation is 1. The van der Waals surface area contributed by atoms with Crippen molar-refractivity contribution in [1.82, 2.24) is 30.0 Å². The van der Waals surface area contributed by atoms with Crippen molar-refractivity contribution >= 4 is 45.9 Å². The topological polar surface area (TPSA) is 157 Å². The molecule has 0 aromatic carbocycles. The van der Waals surface area contributed by atoms with Gasteiger partial charge in [0.05, 0.1) is 29.3 Å². The lowest BCUT2D eigenvalue weighted by molar-refractivity contribution is -0.186. The maximum Gasteiger partial charge on any atom is 0.293 e. The van der Waals surface area contributed by atoms with Gasteiger partial charge in [-0.3, -0.25) is 19.0 Å². The van der Waals surface area contributed by atoms with Crippen molar-refractivity contribution < 1.29 is 19.2 Å². The van der Waals surface area contributed by atoms with Crippen LogP contribution in [0, 0.1) is 6.92 Å². The molecule has 258 valence electrons. The summed E-state index contributed by atoms with van der Waals surface area (Å²) in [4.78, 5) is 66.0. The Bertz CT molecular complexity index is 1850. The van der Waals surface area contributed by atoms with Crippen molar-refractivity contribution in [2.45, 2.75) is 71.1 Å². The second kappa shape index (κ2) is 15.1. The van der Waals surface area contributed by atoms with Crippen LogP contribution in [0.2, 0.25) is 0 Å². The molecule has 2 aliphatic rings. The maximum atomic E-state index is 13.5.